The first-order valence-electron chi connectivity index (χ1n) is 7.13. The summed E-state index contributed by atoms with van der Waals surface area (Å²) in [5.74, 6) is -0.0790. The van der Waals surface area contributed by atoms with Crippen LogP contribution in [0, 0.1) is 6.92 Å². The number of carbonyl (C=O) groups is 1. The summed E-state index contributed by atoms with van der Waals surface area (Å²) in [5.41, 5.74) is 2.07. The van der Waals surface area contributed by atoms with E-state index in [0.29, 0.717) is 13.0 Å². The van der Waals surface area contributed by atoms with Gasteiger partial charge < -0.3 is 5.32 Å². The molecule has 0 aliphatic carbocycles. The van der Waals surface area contributed by atoms with Crippen LogP contribution in [0.2, 0.25) is 0 Å². The second-order valence-corrected chi connectivity index (χ2v) is 8.94. The maximum absolute atomic E-state index is 12.0. The zero-order valence-corrected chi connectivity index (χ0v) is 15.0. The Morgan fingerprint density at radius 2 is 1.87 bits per heavy atom. The van der Waals surface area contributed by atoms with Gasteiger partial charge in [0, 0.05) is 19.0 Å². The summed E-state index contributed by atoms with van der Waals surface area (Å²) in [6.45, 7) is 2.30. The number of aryl methyl sites for hydroxylation is 1. The average Bonchev–Trinajstić information content (AvgIpc) is 2.97. The Morgan fingerprint density at radius 1 is 1.17 bits per heavy atom. The fourth-order valence-electron chi connectivity index (χ4n) is 2.00. The van der Waals surface area contributed by atoms with E-state index in [9.17, 15) is 13.2 Å². The number of nitrogens with one attached hydrogen (secondary N) is 1. The van der Waals surface area contributed by atoms with Gasteiger partial charge in [-0.15, -0.1) is 11.3 Å². The highest BCUT2D eigenvalue weighted by molar-refractivity contribution is 7.91. The molecule has 1 aromatic heterocycles. The van der Waals surface area contributed by atoms with Crippen LogP contribution < -0.4 is 5.32 Å². The van der Waals surface area contributed by atoms with Crippen LogP contribution in [0.1, 0.15) is 16.0 Å². The minimum atomic E-state index is -3.41. The summed E-state index contributed by atoms with van der Waals surface area (Å²) < 4.78 is 25.5. The monoisotopic (exact) mass is 352 g/mol. The minimum absolute atomic E-state index is 0.0790. The average molecular weight is 352 g/mol. The molecular weight excluding hydrogens is 332 g/mol. The zero-order valence-electron chi connectivity index (χ0n) is 13.4. The number of nitrogens with zero attached hydrogens (tertiary/aromatic N) is 1. The number of hydrogen-bond donors (Lipinski definition) is 1. The lowest BCUT2D eigenvalue weighted by atomic mass is 10.1. The van der Waals surface area contributed by atoms with Crippen molar-refractivity contribution in [2.45, 2.75) is 24.1 Å². The molecule has 23 heavy (non-hydrogen) atoms. The molecule has 0 saturated carbocycles. The van der Waals surface area contributed by atoms with Crippen LogP contribution in [0.15, 0.2) is 40.6 Å². The Balaban J connectivity index is 1.96. The molecule has 0 aliphatic heterocycles. The fourth-order valence-corrected chi connectivity index (χ4v) is 4.47. The van der Waals surface area contributed by atoms with Crippen molar-refractivity contribution in [2.75, 3.05) is 14.1 Å². The molecule has 5 nitrogen and oxygen atoms in total. The summed E-state index contributed by atoms with van der Waals surface area (Å²) in [4.78, 5) is 12.8. The molecule has 0 saturated heterocycles. The Kier molecular flexibility index (Phi) is 5.56. The topological polar surface area (TPSA) is 66.5 Å². The van der Waals surface area contributed by atoms with Crippen LogP contribution in [0.3, 0.4) is 0 Å². The maximum atomic E-state index is 12.0. The number of hydrogen-bond acceptors (Lipinski definition) is 4. The van der Waals surface area contributed by atoms with Gasteiger partial charge in [0.1, 0.15) is 4.21 Å². The van der Waals surface area contributed by atoms with E-state index in [0.717, 1.165) is 16.0 Å². The van der Waals surface area contributed by atoms with Crippen LogP contribution in [-0.2, 0) is 27.8 Å². The predicted octanol–water partition coefficient (Wildman–Crippen LogP) is 2.17. The van der Waals surface area contributed by atoms with Crippen molar-refractivity contribution < 1.29 is 13.2 Å². The number of sulfonamides is 1. The molecule has 1 N–H and O–H groups in total. The zero-order chi connectivity index (χ0) is 17.0. The van der Waals surface area contributed by atoms with Crippen LogP contribution in [0.5, 0.6) is 0 Å². The lowest BCUT2D eigenvalue weighted by molar-refractivity contribution is -0.120. The Bertz CT molecular complexity index is 795. The molecule has 1 amide bonds. The minimum Gasteiger partial charge on any atom is -0.351 e. The summed E-state index contributed by atoms with van der Waals surface area (Å²) in [6, 6.07) is 11.1. The fraction of sp³-hybridized carbons (Fsp3) is 0.312. The quantitative estimate of drug-likeness (QED) is 0.866. The molecule has 7 heteroatoms. The summed E-state index contributed by atoms with van der Waals surface area (Å²) in [7, 11) is -0.412. The van der Waals surface area contributed by atoms with Crippen LogP contribution >= 0.6 is 11.3 Å². The number of thiophene rings is 1. The molecule has 0 unspecified atom stereocenters. The van der Waals surface area contributed by atoms with Gasteiger partial charge in [0.2, 0.25) is 5.91 Å². The second-order valence-electron chi connectivity index (χ2n) is 5.39. The first kappa shape index (κ1) is 17.7. The van der Waals surface area contributed by atoms with Gasteiger partial charge in [-0.25, -0.2) is 12.7 Å². The highest BCUT2D eigenvalue weighted by atomic mass is 32.2. The van der Waals surface area contributed by atoms with E-state index in [-0.39, 0.29) is 10.1 Å². The Labute approximate surface area is 141 Å². The summed E-state index contributed by atoms with van der Waals surface area (Å²) >= 11 is 1.18. The molecule has 2 aromatic rings. The molecule has 1 aromatic carbocycles. The first-order valence-corrected chi connectivity index (χ1v) is 9.39. The van der Waals surface area contributed by atoms with Crippen LogP contribution in [0.25, 0.3) is 0 Å². The first-order chi connectivity index (χ1) is 10.8. The van der Waals surface area contributed by atoms with E-state index in [1.165, 1.54) is 29.7 Å². The Morgan fingerprint density at radius 3 is 2.52 bits per heavy atom. The molecule has 0 aliphatic rings. The lowest BCUT2D eigenvalue weighted by Gasteiger charge is -2.08. The van der Waals surface area contributed by atoms with E-state index in [2.05, 4.69) is 5.32 Å². The molecule has 0 fully saturated rings. The van der Waals surface area contributed by atoms with Crippen molar-refractivity contribution in [3.05, 3.63) is 52.4 Å². The summed E-state index contributed by atoms with van der Waals surface area (Å²) in [6.07, 6.45) is 0.320. The highest BCUT2D eigenvalue weighted by Gasteiger charge is 2.19. The van der Waals surface area contributed by atoms with Gasteiger partial charge >= 0.3 is 0 Å². The van der Waals surface area contributed by atoms with Gasteiger partial charge in [-0.1, -0.05) is 24.3 Å². The molecule has 124 valence electrons. The number of carbonyl (C=O) groups excluding carboxylic acids is 1. The molecule has 0 atom stereocenters. The second kappa shape index (κ2) is 7.25. The lowest BCUT2D eigenvalue weighted by Crippen LogP contribution is -2.24. The van der Waals surface area contributed by atoms with Gasteiger partial charge in [0.25, 0.3) is 10.0 Å². The van der Waals surface area contributed by atoms with Gasteiger partial charge in [-0.2, -0.15) is 0 Å². The van der Waals surface area contributed by atoms with Crippen molar-refractivity contribution in [1.29, 1.82) is 0 Å². The third kappa shape index (κ3) is 4.40. The third-order valence-corrected chi connectivity index (χ3v) is 6.81. The number of amides is 1. The highest BCUT2D eigenvalue weighted by Crippen LogP contribution is 2.23. The van der Waals surface area contributed by atoms with Gasteiger partial charge in [-0.3, -0.25) is 4.79 Å². The molecular formula is C16H20N2O3S2. The normalized spacial score (nSPS) is 11.7. The molecule has 0 radical (unpaired) electrons. The predicted molar refractivity (Wildman–Crippen MR) is 91.9 cm³/mol. The SMILES string of the molecule is Cc1ccccc1CC(=O)NCc1ccc(S(=O)(=O)N(C)C)s1. The van der Waals surface area contributed by atoms with Crippen molar-refractivity contribution in [3.8, 4) is 0 Å². The van der Waals surface area contributed by atoms with E-state index in [4.69, 9.17) is 0 Å². The number of benzene rings is 1. The van der Waals surface area contributed by atoms with Gasteiger partial charge in [0.05, 0.1) is 13.0 Å². The molecule has 2 rings (SSSR count). The maximum Gasteiger partial charge on any atom is 0.252 e. The van der Waals surface area contributed by atoms with Crippen molar-refractivity contribution >= 4 is 27.3 Å². The van der Waals surface area contributed by atoms with E-state index in [1.54, 1.807) is 12.1 Å². The van der Waals surface area contributed by atoms with Crippen molar-refractivity contribution in [2.24, 2.45) is 0 Å². The van der Waals surface area contributed by atoms with Gasteiger partial charge in [-0.05, 0) is 30.2 Å². The summed E-state index contributed by atoms with van der Waals surface area (Å²) in [5, 5.41) is 2.83. The smallest absolute Gasteiger partial charge is 0.252 e. The van der Waals surface area contributed by atoms with Crippen molar-refractivity contribution in [3.63, 3.8) is 0 Å². The van der Waals surface area contributed by atoms with Gasteiger partial charge in [0.15, 0.2) is 0 Å². The third-order valence-electron chi connectivity index (χ3n) is 3.44. The molecule has 0 bridgehead atoms. The van der Waals surface area contributed by atoms with Crippen molar-refractivity contribution in [1.82, 2.24) is 9.62 Å². The standard InChI is InChI=1S/C16H20N2O3S2/c1-12-6-4-5-7-13(12)10-15(19)17-11-14-8-9-16(22-14)23(20,21)18(2)3/h4-9H,10-11H2,1-3H3,(H,17,19). The van der Waals surface area contributed by atoms with Crippen LogP contribution in [-0.4, -0.2) is 32.7 Å². The van der Waals surface area contributed by atoms with Crippen LogP contribution in [0.4, 0.5) is 0 Å². The van der Waals surface area contributed by atoms with E-state index in [1.807, 2.05) is 31.2 Å². The Hall–Kier alpha value is -1.70. The van der Waals surface area contributed by atoms with E-state index >= 15 is 0 Å². The van der Waals surface area contributed by atoms with E-state index < -0.39 is 10.0 Å². The molecule has 0 spiro atoms. The number of rotatable bonds is 6. The largest absolute Gasteiger partial charge is 0.351 e. The molecule has 1 heterocycles.